The number of rotatable bonds is 3. The lowest BCUT2D eigenvalue weighted by Gasteiger charge is -2.44. The highest BCUT2D eigenvalue weighted by molar-refractivity contribution is 5.89. The molecule has 2 unspecified atom stereocenters. The van der Waals surface area contributed by atoms with Crippen molar-refractivity contribution in [3.05, 3.63) is 30.1 Å². The summed E-state index contributed by atoms with van der Waals surface area (Å²) >= 11 is 0. The maximum absolute atomic E-state index is 9.19. The smallest absolute Gasteiger partial charge is 0.137 e. The van der Waals surface area contributed by atoms with E-state index in [0.29, 0.717) is 11.6 Å². The van der Waals surface area contributed by atoms with Gasteiger partial charge in [0.15, 0.2) is 0 Å². The van der Waals surface area contributed by atoms with Crippen LogP contribution in [0, 0.1) is 11.3 Å². The fraction of sp³-hybridized carbons (Fsp3) is 0.591. The lowest BCUT2D eigenvalue weighted by molar-refractivity contribution is 0.0636. The first kappa shape index (κ1) is 16.9. The summed E-state index contributed by atoms with van der Waals surface area (Å²) < 4.78 is 0. The van der Waals surface area contributed by atoms with Crippen molar-refractivity contribution < 1.29 is 0 Å². The Hall–Kier alpha value is -2.19. The summed E-state index contributed by atoms with van der Waals surface area (Å²) in [6.07, 6.45) is 13.7. The molecule has 27 heavy (non-hydrogen) atoms. The molecular weight excluding hydrogens is 334 g/mol. The van der Waals surface area contributed by atoms with Crippen molar-refractivity contribution in [2.45, 2.75) is 82.0 Å². The highest BCUT2D eigenvalue weighted by Crippen LogP contribution is 2.40. The molecule has 2 atom stereocenters. The Balaban J connectivity index is 1.27. The zero-order valence-corrected chi connectivity index (χ0v) is 15.8. The second-order valence-corrected chi connectivity index (χ2v) is 8.48. The van der Waals surface area contributed by atoms with Gasteiger partial charge in [-0.15, -0.1) is 0 Å². The highest BCUT2D eigenvalue weighted by Gasteiger charge is 2.41. The van der Waals surface area contributed by atoms with Crippen LogP contribution in [-0.4, -0.2) is 39.0 Å². The molecule has 3 aliphatic rings. The van der Waals surface area contributed by atoms with Gasteiger partial charge < -0.3 is 5.32 Å². The summed E-state index contributed by atoms with van der Waals surface area (Å²) in [6.45, 7) is 0. The van der Waals surface area contributed by atoms with Crippen molar-refractivity contribution in [3.8, 4) is 6.07 Å². The maximum Gasteiger partial charge on any atom is 0.137 e. The topological polar surface area (TPSA) is 64.8 Å². The third kappa shape index (κ3) is 3.17. The van der Waals surface area contributed by atoms with Crippen molar-refractivity contribution >= 4 is 16.7 Å². The van der Waals surface area contributed by atoms with Crippen molar-refractivity contribution in [3.63, 3.8) is 0 Å². The molecule has 1 saturated carbocycles. The van der Waals surface area contributed by atoms with E-state index in [1.54, 1.807) is 6.33 Å². The molecule has 5 nitrogen and oxygen atoms in total. The Kier molecular flexibility index (Phi) is 4.45. The summed E-state index contributed by atoms with van der Waals surface area (Å²) in [5, 5.41) is 13.8. The van der Waals surface area contributed by atoms with E-state index in [2.05, 4.69) is 26.3 Å². The van der Waals surface area contributed by atoms with Crippen LogP contribution in [0.3, 0.4) is 0 Å². The van der Waals surface area contributed by atoms with Crippen LogP contribution in [-0.2, 0) is 0 Å². The van der Waals surface area contributed by atoms with Crippen LogP contribution in [0.1, 0.15) is 63.4 Å². The predicted octanol–water partition coefficient (Wildman–Crippen LogP) is 4.24. The van der Waals surface area contributed by atoms with Gasteiger partial charge in [0.2, 0.25) is 0 Å². The summed E-state index contributed by atoms with van der Waals surface area (Å²) in [5.74, 6) is 0.874. The summed E-state index contributed by atoms with van der Waals surface area (Å²) in [5.41, 5.74) is 1.55. The van der Waals surface area contributed by atoms with E-state index in [-0.39, 0.29) is 0 Å². The minimum absolute atomic E-state index is 0.465. The van der Waals surface area contributed by atoms with E-state index in [0.717, 1.165) is 34.8 Å². The molecule has 3 fully saturated rings. The Morgan fingerprint density at radius 1 is 0.926 bits per heavy atom. The predicted molar refractivity (Wildman–Crippen MR) is 106 cm³/mol. The molecule has 1 aliphatic carbocycles. The van der Waals surface area contributed by atoms with E-state index in [4.69, 9.17) is 0 Å². The number of nitrogens with zero attached hydrogens (tertiary/aromatic N) is 4. The fourth-order valence-corrected chi connectivity index (χ4v) is 5.71. The standard InChI is InChI=1S/C22H27N5/c23-13-15-4-11-21-20(12-15)22(25-14-24-21)26-16-5-7-19(8-6-16)27-17-2-1-3-18(27)10-9-17/h4,11-12,14,16-19H,1-3,5-10H2,(H,24,25,26). The van der Waals surface area contributed by atoms with Crippen LogP contribution in [0.15, 0.2) is 24.5 Å². The third-order valence-corrected chi connectivity index (χ3v) is 6.97. The number of aromatic nitrogens is 2. The normalized spacial score (nSPS) is 30.9. The Bertz CT molecular complexity index is 849. The zero-order chi connectivity index (χ0) is 18.2. The van der Waals surface area contributed by atoms with E-state index in [1.807, 2.05) is 18.2 Å². The number of anilines is 1. The third-order valence-electron chi connectivity index (χ3n) is 6.97. The summed E-state index contributed by atoms with van der Waals surface area (Å²) in [4.78, 5) is 11.7. The number of nitrogens with one attached hydrogen (secondary N) is 1. The first-order chi connectivity index (χ1) is 13.3. The number of hydrogen-bond donors (Lipinski definition) is 1. The van der Waals surface area contributed by atoms with Crippen molar-refractivity contribution in [2.24, 2.45) is 0 Å². The van der Waals surface area contributed by atoms with Gasteiger partial charge in [0.25, 0.3) is 0 Å². The van der Waals surface area contributed by atoms with Crippen LogP contribution in [0.5, 0.6) is 0 Å². The van der Waals surface area contributed by atoms with Gasteiger partial charge >= 0.3 is 0 Å². The Morgan fingerprint density at radius 2 is 1.63 bits per heavy atom. The molecule has 1 aromatic heterocycles. The molecule has 5 heteroatoms. The molecule has 0 spiro atoms. The van der Waals surface area contributed by atoms with Crippen LogP contribution >= 0.6 is 0 Å². The SMILES string of the molecule is N#Cc1ccc2ncnc(NC3CCC(N4C5CCCC4CC5)CC3)c2c1. The van der Waals surface area contributed by atoms with Crippen LogP contribution in [0.2, 0.25) is 0 Å². The van der Waals surface area contributed by atoms with Gasteiger partial charge in [-0.25, -0.2) is 9.97 Å². The molecule has 1 N–H and O–H groups in total. The maximum atomic E-state index is 9.19. The number of hydrogen-bond acceptors (Lipinski definition) is 5. The van der Waals surface area contributed by atoms with Crippen molar-refractivity contribution in [2.75, 3.05) is 5.32 Å². The van der Waals surface area contributed by atoms with Crippen LogP contribution in [0.25, 0.3) is 10.9 Å². The second kappa shape index (κ2) is 7.09. The Labute approximate surface area is 160 Å². The average molecular weight is 361 g/mol. The molecule has 0 radical (unpaired) electrons. The summed E-state index contributed by atoms with van der Waals surface area (Å²) in [7, 11) is 0. The second-order valence-electron chi connectivity index (χ2n) is 8.48. The summed E-state index contributed by atoms with van der Waals surface area (Å²) in [6, 6.07) is 10.8. The minimum Gasteiger partial charge on any atom is -0.367 e. The van der Waals surface area contributed by atoms with Gasteiger partial charge in [-0.2, -0.15) is 5.26 Å². The number of piperidine rings is 1. The van der Waals surface area contributed by atoms with Crippen LogP contribution in [0.4, 0.5) is 5.82 Å². The molecule has 140 valence electrons. The number of nitriles is 1. The van der Waals surface area contributed by atoms with E-state index in [9.17, 15) is 5.26 Å². The molecule has 2 aromatic rings. The lowest BCUT2D eigenvalue weighted by Crippen LogP contribution is -2.48. The van der Waals surface area contributed by atoms with Crippen molar-refractivity contribution in [1.82, 2.24) is 14.9 Å². The molecular formula is C22H27N5. The van der Waals surface area contributed by atoms with Gasteiger partial charge in [-0.05, 0) is 69.6 Å². The Morgan fingerprint density at radius 3 is 2.37 bits per heavy atom. The van der Waals surface area contributed by atoms with E-state index in [1.165, 1.54) is 57.8 Å². The molecule has 2 bridgehead atoms. The first-order valence-electron chi connectivity index (χ1n) is 10.5. The largest absolute Gasteiger partial charge is 0.367 e. The molecule has 1 aromatic carbocycles. The molecule has 3 heterocycles. The molecule has 2 saturated heterocycles. The minimum atomic E-state index is 0.465. The van der Waals surface area contributed by atoms with E-state index < -0.39 is 0 Å². The van der Waals surface area contributed by atoms with Crippen LogP contribution < -0.4 is 5.32 Å². The fourth-order valence-electron chi connectivity index (χ4n) is 5.71. The molecule has 0 amide bonds. The van der Waals surface area contributed by atoms with Crippen molar-refractivity contribution in [1.29, 1.82) is 5.26 Å². The van der Waals surface area contributed by atoms with Gasteiger partial charge in [-0.3, -0.25) is 4.90 Å². The quantitative estimate of drug-likeness (QED) is 0.886. The zero-order valence-electron chi connectivity index (χ0n) is 15.8. The van der Waals surface area contributed by atoms with Gasteiger partial charge in [0, 0.05) is 29.6 Å². The monoisotopic (exact) mass is 361 g/mol. The number of benzene rings is 1. The first-order valence-corrected chi connectivity index (χ1v) is 10.5. The van der Waals surface area contributed by atoms with Gasteiger partial charge in [0.05, 0.1) is 17.1 Å². The van der Waals surface area contributed by atoms with Gasteiger partial charge in [-0.1, -0.05) is 6.42 Å². The highest BCUT2D eigenvalue weighted by atomic mass is 15.2. The van der Waals surface area contributed by atoms with Gasteiger partial charge in [0.1, 0.15) is 12.1 Å². The molecule has 5 rings (SSSR count). The number of fused-ring (bicyclic) bond motifs is 3. The van der Waals surface area contributed by atoms with E-state index >= 15 is 0 Å². The molecule has 2 aliphatic heterocycles. The lowest BCUT2D eigenvalue weighted by atomic mass is 9.87. The average Bonchev–Trinajstić information content (AvgIpc) is 2.96.